The molecule has 1 aliphatic rings. The molecule has 1 fully saturated rings. The van der Waals surface area contributed by atoms with Gasteiger partial charge in [-0.25, -0.2) is 4.39 Å². The Kier molecular flexibility index (Phi) is 4.06. The van der Waals surface area contributed by atoms with E-state index in [0.717, 1.165) is 37.6 Å². The second kappa shape index (κ2) is 5.75. The number of rotatable bonds is 3. The van der Waals surface area contributed by atoms with Crippen molar-refractivity contribution in [3.8, 4) is 0 Å². The third-order valence-corrected chi connectivity index (χ3v) is 3.03. The van der Waals surface area contributed by atoms with Gasteiger partial charge in [0.1, 0.15) is 11.4 Å². The highest BCUT2D eigenvalue weighted by Crippen LogP contribution is 2.20. The summed E-state index contributed by atoms with van der Waals surface area (Å²) in [7, 11) is 0. The SMILES string of the molecule is O=C(NC1CCCNC1)c1ccc(F)cc1[N+](=O)[O-]. The van der Waals surface area contributed by atoms with Gasteiger partial charge in [-0.3, -0.25) is 14.9 Å². The Labute approximate surface area is 109 Å². The van der Waals surface area contributed by atoms with Gasteiger partial charge < -0.3 is 10.6 Å². The van der Waals surface area contributed by atoms with Crippen LogP contribution in [-0.2, 0) is 0 Å². The fourth-order valence-corrected chi connectivity index (χ4v) is 2.09. The molecule has 102 valence electrons. The number of nitro benzene ring substituents is 1. The van der Waals surface area contributed by atoms with Crippen molar-refractivity contribution in [3.63, 3.8) is 0 Å². The molecular formula is C12H14FN3O3. The third-order valence-electron chi connectivity index (χ3n) is 3.03. The van der Waals surface area contributed by atoms with Crippen LogP contribution in [0.4, 0.5) is 10.1 Å². The van der Waals surface area contributed by atoms with Gasteiger partial charge >= 0.3 is 0 Å². The normalized spacial score (nSPS) is 18.9. The zero-order chi connectivity index (χ0) is 13.8. The summed E-state index contributed by atoms with van der Waals surface area (Å²) in [4.78, 5) is 22.0. The molecule has 7 heteroatoms. The Balaban J connectivity index is 2.16. The molecule has 0 bridgehead atoms. The van der Waals surface area contributed by atoms with E-state index in [9.17, 15) is 19.3 Å². The Morgan fingerprint density at radius 3 is 2.95 bits per heavy atom. The number of carbonyl (C=O) groups is 1. The molecule has 1 aromatic rings. The first-order valence-corrected chi connectivity index (χ1v) is 6.03. The summed E-state index contributed by atoms with van der Waals surface area (Å²) in [5.74, 6) is -1.28. The molecule has 2 rings (SSSR count). The van der Waals surface area contributed by atoms with E-state index in [1.165, 1.54) is 0 Å². The molecule has 2 N–H and O–H groups in total. The summed E-state index contributed by atoms with van der Waals surface area (Å²) in [6.45, 7) is 1.55. The maximum atomic E-state index is 13.0. The second-order valence-electron chi connectivity index (χ2n) is 4.44. The molecular weight excluding hydrogens is 253 g/mol. The summed E-state index contributed by atoms with van der Waals surface area (Å²) in [5.41, 5.74) is -0.627. The minimum absolute atomic E-state index is 0.0501. The summed E-state index contributed by atoms with van der Waals surface area (Å²) in [6, 6.07) is 2.89. The monoisotopic (exact) mass is 267 g/mol. The zero-order valence-electron chi connectivity index (χ0n) is 10.2. The van der Waals surface area contributed by atoms with Gasteiger partial charge in [-0.05, 0) is 31.5 Å². The third kappa shape index (κ3) is 3.25. The molecule has 0 saturated carbocycles. The van der Waals surface area contributed by atoms with Crippen LogP contribution in [0.3, 0.4) is 0 Å². The number of piperidine rings is 1. The van der Waals surface area contributed by atoms with Gasteiger partial charge in [0.05, 0.1) is 11.0 Å². The Bertz CT molecular complexity index is 501. The van der Waals surface area contributed by atoms with Gasteiger partial charge in [0.15, 0.2) is 0 Å². The summed E-state index contributed by atoms with van der Waals surface area (Å²) < 4.78 is 13.0. The maximum absolute atomic E-state index is 13.0. The lowest BCUT2D eigenvalue weighted by Crippen LogP contribution is -2.45. The van der Waals surface area contributed by atoms with Crippen molar-refractivity contribution >= 4 is 11.6 Å². The van der Waals surface area contributed by atoms with Crippen LogP contribution in [0.1, 0.15) is 23.2 Å². The van der Waals surface area contributed by atoms with Gasteiger partial charge in [0.2, 0.25) is 0 Å². The lowest BCUT2D eigenvalue weighted by molar-refractivity contribution is -0.385. The first-order valence-electron chi connectivity index (χ1n) is 6.03. The van der Waals surface area contributed by atoms with Gasteiger partial charge in [-0.15, -0.1) is 0 Å². The number of halogens is 1. The van der Waals surface area contributed by atoms with Gasteiger partial charge in [0.25, 0.3) is 11.6 Å². The van der Waals surface area contributed by atoms with Crippen molar-refractivity contribution in [1.29, 1.82) is 0 Å². The van der Waals surface area contributed by atoms with E-state index in [0.29, 0.717) is 6.54 Å². The van der Waals surface area contributed by atoms with Crippen molar-refractivity contribution in [3.05, 3.63) is 39.7 Å². The van der Waals surface area contributed by atoms with E-state index in [-0.39, 0.29) is 11.6 Å². The Morgan fingerprint density at radius 1 is 1.53 bits per heavy atom. The standard InChI is InChI=1S/C12H14FN3O3/c13-8-3-4-10(11(6-8)16(18)19)12(17)15-9-2-1-5-14-7-9/h3-4,6,9,14H,1-2,5,7H2,(H,15,17). The van der Waals surface area contributed by atoms with Crippen molar-refractivity contribution in [2.75, 3.05) is 13.1 Å². The molecule has 1 atom stereocenters. The van der Waals surface area contributed by atoms with Gasteiger partial charge in [0, 0.05) is 12.6 Å². The van der Waals surface area contributed by atoms with E-state index < -0.39 is 22.3 Å². The van der Waals surface area contributed by atoms with Crippen molar-refractivity contribution in [1.82, 2.24) is 10.6 Å². The largest absolute Gasteiger partial charge is 0.348 e. The predicted molar refractivity (Wildman–Crippen MR) is 66.4 cm³/mol. The van der Waals surface area contributed by atoms with Crippen molar-refractivity contribution < 1.29 is 14.1 Å². The molecule has 1 aliphatic heterocycles. The van der Waals surface area contributed by atoms with E-state index in [4.69, 9.17) is 0 Å². The van der Waals surface area contributed by atoms with Crippen LogP contribution in [0.5, 0.6) is 0 Å². The highest BCUT2D eigenvalue weighted by atomic mass is 19.1. The number of carbonyl (C=O) groups excluding carboxylic acids is 1. The molecule has 1 heterocycles. The molecule has 0 spiro atoms. The fourth-order valence-electron chi connectivity index (χ4n) is 2.09. The van der Waals surface area contributed by atoms with Crippen LogP contribution in [0.15, 0.2) is 18.2 Å². The highest BCUT2D eigenvalue weighted by molar-refractivity contribution is 5.98. The average molecular weight is 267 g/mol. The number of nitro groups is 1. The van der Waals surface area contributed by atoms with E-state index in [1.807, 2.05) is 0 Å². The average Bonchev–Trinajstić information content (AvgIpc) is 2.39. The van der Waals surface area contributed by atoms with Gasteiger partial charge in [-0.1, -0.05) is 0 Å². The smallest absolute Gasteiger partial charge is 0.285 e. The van der Waals surface area contributed by atoms with Crippen LogP contribution in [0.25, 0.3) is 0 Å². The van der Waals surface area contributed by atoms with E-state index in [1.54, 1.807) is 0 Å². The Morgan fingerprint density at radius 2 is 2.32 bits per heavy atom. The molecule has 1 unspecified atom stereocenters. The maximum Gasteiger partial charge on any atom is 0.285 e. The number of benzene rings is 1. The second-order valence-corrected chi connectivity index (χ2v) is 4.44. The summed E-state index contributed by atoms with van der Waals surface area (Å²) >= 11 is 0. The fraction of sp³-hybridized carbons (Fsp3) is 0.417. The minimum Gasteiger partial charge on any atom is -0.348 e. The Hall–Kier alpha value is -2.02. The predicted octanol–water partition coefficient (Wildman–Crippen LogP) is 1.22. The van der Waals surface area contributed by atoms with Crippen molar-refractivity contribution in [2.24, 2.45) is 0 Å². The molecule has 1 amide bonds. The number of amides is 1. The number of nitrogens with zero attached hydrogens (tertiary/aromatic N) is 1. The first kappa shape index (κ1) is 13.4. The lowest BCUT2D eigenvalue weighted by atomic mass is 10.1. The number of nitrogens with one attached hydrogen (secondary N) is 2. The quantitative estimate of drug-likeness (QED) is 0.637. The van der Waals surface area contributed by atoms with E-state index >= 15 is 0 Å². The molecule has 6 nitrogen and oxygen atoms in total. The molecule has 0 aliphatic carbocycles. The van der Waals surface area contributed by atoms with Crippen LogP contribution in [0.2, 0.25) is 0 Å². The summed E-state index contributed by atoms with van der Waals surface area (Å²) in [5, 5.41) is 16.7. The molecule has 19 heavy (non-hydrogen) atoms. The minimum atomic E-state index is -0.753. The molecule has 0 aromatic heterocycles. The van der Waals surface area contributed by atoms with Crippen LogP contribution >= 0.6 is 0 Å². The topological polar surface area (TPSA) is 84.3 Å². The summed E-state index contributed by atoms with van der Waals surface area (Å²) in [6.07, 6.45) is 1.77. The number of hydrogen-bond donors (Lipinski definition) is 2. The van der Waals surface area contributed by atoms with E-state index in [2.05, 4.69) is 10.6 Å². The van der Waals surface area contributed by atoms with Crippen LogP contribution < -0.4 is 10.6 Å². The van der Waals surface area contributed by atoms with Crippen LogP contribution in [-0.4, -0.2) is 30.0 Å². The van der Waals surface area contributed by atoms with Gasteiger partial charge in [-0.2, -0.15) is 0 Å². The zero-order valence-corrected chi connectivity index (χ0v) is 10.2. The highest BCUT2D eigenvalue weighted by Gasteiger charge is 2.23. The lowest BCUT2D eigenvalue weighted by Gasteiger charge is -2.23. The van der Waals surface area contributed by atoms with Crippen molar-refractivity contribution in [2.45, 2.75) is 18.9 Å². The first-order chi connectivity index (χ1) is 9.08. The molecule has 0 radical (unpaired) electrons. The number of hydrogen-bond acceptors (Lipinski definition) is 4. The molecule has 1 saturated heterocycles. The molecule has 1 aromatic carbocycles. The van der Waals surface area contributed by atoms with Crippen LogP contribution in [0, 0.1) is 15.9 Å².